The van der Waals surface area contributed by atoms with Gasteiger partial charge in [-0.1, -0.05) is 32.0 Å². The van der Waals surface area contributed by atoms with Crippen LogP contribution < -0.4 is 10.1 Å². The fourth-order valence-corrected chi connectivity index (χ4v) is 4.47. The fourth-order valence-electron chi connectivity index (χ4n) is 2.76. The smallest absolute Gasteiger partial charge is 0.248 e. The zero-order chi connectivity index (χ0) is 20.7. The van der Waals surface area contributed by atoms with Crippen LogP contribution in [0, 0.1) is 6.92 Å². The quantitative estimate of drug-likeness (QED) is 0.684. The second-order valence-corrected chi connectivity index (χ2v) is 8.08. The summed E-state index contributed by atoms with van der Waals surface area (Å²) >= 11 is 0. The predicted molar refractivity (Wildman–Crippen MR) is 112 cm³/mol. The average Bonchev–Trinajstić information content (AvgIpc) is 2.68. The van der Waals surface area contributed by atoms with Crippen molar-refractivity contribution >= 4 is 27.7 Å². The van der Waals surface area contributed by atoms with E-state index in [0.717, 1.165) is 5.56 Å². The Balaban J connectivity index is 2.20. The van der Waals surface area contributed by atoms with Crippen molar-refractivity contribution in [2.45, 2.75) is 25.7 Å². The molecule has 0 aliphatic rings. The van der Waals surface area contributed by atoms with Crippen LogP contribution in [0.15, 0.2) is 53.4 Å². The van der Waals surface area contributed by atoms with E-state index < -0.39 is 10.0 Å². The average molecular weight is 403 g/mol. The van der Waals surface area contributed by atoms with Crippen LogP contribution in [-0.2, 0) is 14.8 Å². The summed E-state index contributed by atoms with van der Waals surface area (Å²) in [7, 11) is -2.02. The Morgan fingerprint density at radius 3 is 2.50 bits per heavy atom. The van der Waals surface area contributed by atoms with Crippen molar-refractivity contribution in [3.63, 3.8) is 0 Å². The summed E-state index contributed by atoms with van der Waals surface area (Å²) in [5.41, 5.74) is 1.89. The number of rotatable bonds is 8. The number of aryl methyl sites for hydroxylation is 1. The summed E-state index contributed by atoms with van der Waals surface area (Å²) in [5, 5.41) is 2.72. The molecule has 0 aliphatic carbocycles. The highest BCUT2D eigenvalue weighted by Crippen LogP contribution is 2.23. The van der Waals surface area contributed by atoms with Crippen LogP contribution in [-0.4, -0.2) is 38.8 Å². The molecule has 2 rings (SSSR count). The van der Waals surface area contributed by atoms with E-state index in [9.17, 15) is 13.2 Å². The summed E-state index contributed by atoms with van der Waals surface area (Å²) < 4.78 is 32.2. The number of ether oxygens (including phenoxy) is 1. The van der Waals surface area contributed by atoms with Crippen LogP contribution in [0.4, 0.5) is 5.69 Å². The zero-order valence-corrected chi connectivity index (χ0v) is 17.4. The lowest BCUT2D eigenvalue weighted by atomic mass is 10.2. The molecule has 0 heterocycles. The Morgan fingerprint density at radius 1 is 1.14 bits per heavy atom. The Hall–Kier alpha value is -2.64. The molecule has 1 amide bonds. The van der Waals surface area contributed by atoms with Gasteiger partial charge in [-0.2, -0.15) is 4.31 Å². The van der Waals surface area contributed by atoms with Gasteiger partial charge in [-0.15, -0.1) is 0 Å². The monoisotopic (exact) mass is 402 g/mol. The first-order valence-electron chi connectivity index (χ1n) is 9.05. The van der Waals surface area contributed by atoms with E-state index in [0.29, 0.717) is 30.1 Å². The van der Waals surface area contributed by atoms with Crippen LogP contribution >= 0.6 is 0 Å². The minimum atomic E-state index is -3.60. The largest absolute Gasteiger partial charge is 0.497 e. The van der Waals surface area contributed by atoms with Gasteiger partial charge in [0, 0.05) is 24.9 Å². The number of sulfonamides is 1. The number of carbonyl (C=O) groups is 1. The molecule has 0 bridgehead atoms. The van der Waals surface area contributed by atoms with Gasteiger partial charge in [-0.25, -0.2) is 8.42 Å². The number of benzene rings is 2. The molecule has 28 heavy (non-hydrogen) atoms. The van der Waals surface area contributed by atoms with Crippen LogP contribution in [0.25, 0.3) is 6.08 Å². The number of carbonyl (C=O) groups excluding carboxylic acids is 1. The number of anilines is 1. The Labute approximate surface area is 166 Å². The maximum atomic E-state index is 12.8. The van der Waals surface area contributed by atoms with Gasteiger partial charge < -0.3 is 10.1 Å². The molecule has 0 saturated carbocycles. The van der Waals surface area contributed by atoms with Crippen LogP contribution in [0.1, 0.15) is 25.0 Å². The maximum absolute atomic E-state index is 12.8. The molecule has 0 fully saturated rings. The third kappa shape index (κ3) is 5.21. The summed E-state index contributed by atoms with van der Waals surface area (Å²) in [6.07, 6.45) is 3.06. The molecular formula is C21H26N2O4S. The summed E-state index contributed by atoms with van der Waals surface area (Å²) in [6.45, 7) is 6.11. The van der Waals surface area contributed by atoms with E-state index in [1.54, 1.807) is 46.1 Å². The predicted octanol–water partition coefficient (Wildman–Crippen LogP) is 3.69. The zero-order valence-electron chi connectivity index (χ0n) is 16.6. The summed E-state index contributed by atoms with van der Waals surface area (Å²) in [6, 6.07) is 12.2. The van der Waals surface area contributed by atoms with Crippen LogP contribution in [0.2, 0.25) is 0 Å². The molecule has 0 aliphatic heterocycles. The Morgan fingerprint density at radius 2 is 1.86 bits per heavy atom. The maximum Gasteiger partial charge on any atom is 0.248 e. The van der Waals surface area contributed by atoms with Gasteiger partial charge >= 0.3 is 0 Å². The molecule has 0 aromatic heterocycles. The standard InChI is InChI=1S/C21H26N2O4S/c1-5-23(6-2)28(25,26)20-15-18(12-10-16(20)3)22-21(24)13-11-17-8-7-9-19(14-17)27-4/h7-15H,5-6H2,1-4H3,(H,22,24)/b13-11+. The first-order chi connectivity index (χ1) is 13.3. The van der Waals surface area contributed by atoms with Gasteiger partial charge in [0.25, 0.3) is 0 Å². The lowest BCUT2D eigenvalue weighted by molar-refractivity contribution is -0.111. The Kier molecular flexibility index (Phi) is 7.37. The SMILES string of the molecule is CCN(CC)S(=O)(=O)c1cc(NC(=O)/C=C/c2cccc(OC)c2)ccc1C. The number of nitrogens with zero attached hydrogens (tertiary/aromatic N) is 1. The van der Waals surface area contributed by atoms with Gasteiger partial charge in [0.05, 0.1) is 12.0 Å². The number of methoxy groups -OCH3 is 1. The minimum Gasteiger partial charge on any atom is -0.497 e. The normalized spacial score (nSPS) is 11.8. The topological polar surface area (TPSA) is 75.7 Å². The lowest BCUT2D eigenvalue weighted by Gasteiger charge is -2.20. The van der Waals surface area contributed by atoms with E-state index in [1.807, 2.05) is 24.3 Å². The molecule has 0 saturated heterocycles. The molecule has 0 spiro atoms. The molecule has 7 heteroatoms. The number of amides is 1. The summed E-state index contributed by atoms with van der Waals surface area (Å²) in [4.78, 5) is 12.4. The highest BCUT2D eigenvalue weighted by Gasteiger charge is 2.23. The molecule has 2 aromatic carbocycles. The third-order valence-electron chi connectivity index (χ3n) is 4.30. The van der Waals surface area contributed by atoms with Gasteiger partial charge in [-0.05, 0) is 48.4 Å². The molecule has 150 valence electrons. The molecule has 0 atom stereocenters. The Bertz CT molecular complexity index is 964. The second-order valence-electron chi connectivity index (χ2n) is 6.17. The van der Waals surface area contributed by atoms with Crippen molar-refractivity contribution in [1.82, 2.24) is 4.31 Å². The third-order valence-corrected chi connectivity index (χ3v) is 6.49. The van der Waals surface area contributed by atoms with Crippen molar-refractivity contribution in [3.05, 3.63) is 59.7 Å². The lowest BCUT2D eigenvalue weighted by Crippen LogP contribution is -2.31. The minimum absolute atomic E-state index is 0.200. The first kappa shape index (κ1) is 21.7. The summed E-state index contributed by atoms with van der Waals surface area (Å²) in [5.74, 6) is 0.352. The van der Waals surface area contributed by atoms with Gasteiger partial charge in [0.15, 0.2) is 0 Å². The van der Waals surface area contributed by atoms with E-state index in [4.69, 9.17) is 4.74 Å². The van der Waals surface area contributed by atoms with E-state index in [1.165, 1.54) is 16.4 Å². The number of nitrogens with one attached hydrogen (secondary N) is 1. The van der Waals surface area contributed by atoms with Gasteiger partial charge in [-0.3, -0.25) is 4.79 Å². The van der Waals surface area contributed by atoms with Gasteiger partial charge in [0.2, 0.25) is 15.9 Å². The van der Waals surface area contributed by atoms with Gasteiger partial charge in [0.1, 0.15) is 5.75 Å². The second kappa shape index (κ2) is 9.52. The number of hydrogen-bond donors (Lipinski definition) is 1. The molecule has 0 radical (unpaired) electrons. The molecular weight excluding hydrogens is 376 g/mol. The molecule has 1 N–H and O–H groups in total. The van der Waals surface area contributed by atoms with Crippen molar-refractivity contribution < 1.29 is 17.9 Å². The van der Waals surface area contributed by atoms with E-state index in [-0.39, 0.29) is 10.8 Å². The van der Waals surface area contributed by atoms with Crippen LogP contribution in [0.3, 0.4) is 0 Å². The highest BCUT2D eigenvalue weighted by molar-refractivity contribution is 7.89. The van der Waals surface area contributed by atoms with E-state index in [2.05, 4.69) is 5.32 Å². The van der Waals surface area contributed by atoms with Crippen molar-refractivity contribution in [1.29, 1.82) is 0 Å². The molecule has 0 unspecified atom stereocenters. The molecule has 6 nitrogen and oxygen atoms in total. The van der Waals surface area contributed by atoms with E-state index >= 15 is 0 Å². The van der Waals surface area contributed by atoms with Crippen molar-refractivity contribution in [2.75, 3.05) is 25.5 Å². The van der Waals surface area contributed by atoms with Crippen LogP contribution in [0.5, 0.6) is 5.75 Å². The fraction of sp³-hybridized carbons (Fsp3) is 0.286. The highest BCUT2D eigenvalue weighted by atomic mass is 32.2. The first-order valence-corrected chi connectivity index (χ1v) is 10.5. The molecule has 2 aromatic rings. The van der Waals surface area contributed by atoms with Crippen molar-refractivity contribution in [2.24, 2.45) is 0 Å². The van der Waals surface area contributed by atoms with Crippen molar-refractivity contribution in [3.8, 4) is 5.75 Å². The number of hydrogen-bond acceptors (Lipinski definition) is 4.